The van der Waals surface area contributed by atoms with Crippen LogP contribution in [0.5, 0.6) is 0 Å². The Bertz CT molecular complexity index is 611. The van der Waals surface area contributed by atoms with Crippen LogP contribution in [-0.2, 0) is 9.53 Å². The van der Waals surface area contributed by atoms with Gasteiger partial charge in [0.25, 0.3) is 0 Å². The van der Waals surface area contributed by atoms with E-state index in [2.05, 4.69) is 4.74 Å². The monoisotopic (exact) mass is 337 g/mol. The van der Waals surface area contributed by atoms with Crippen molar-refractivity contribution < 1.29 is 36.3 Å². The predicted molar refractivity (Wildman–Crippen MR) is 67.4 cm³/mol. The van der Waals surface area contributed by atoms with E-state index in [1.165, 1.54) is 6.92 Å². The Kier molecular flexibility index (Phi) is 4.58. The molecule has 9 heteroatoms. The molecule has 1 heterocycles. The maximum Gasteiger partial charge on any atom is 0.416 e. The van der Waals surface area contributed by atoms with E-state index in [-0.39, 0.29) is 6.61 Å². The highest BCUT2D eigenvalue weighted by atomic mass is 19.4. The van der Waals surface area contributed by atoms with Crippen molar-refractivity contribution in [3.63, 3.8) is 0 Å². The van der Waals surface area contributed by atoms with E-state index < -0.39 is 53.8 Å². The van der Waals surface area contributed by atoms with Crippen LogP contribution in [0.15, 0.2) is 18.2 Å². The number of hydrogen-bond donors (Lipinski definition) is 0. The first kappa shape index (κ1) is 17.2. The molecule has 23 heavy (non-hydrogen) atoms. The summed E-state index contributed by atoms with van der Waals surface area (Å²) in [6.45, 7) is 1.32. The molecule has 2 atom stereocenters. The highest BCUT2D eigenvalue weighted by molar-refractivity contribution is 5.93. The summed E-state index contributed by atoms with van der Waals surface area (Å²) in [5.74, 6) is -5.92. The topological polar surface area (TPSA) is 46.6 Å². The maximum atomic E-state index is 13.2. The molecule has 0 spiro atoms. The van der Waals surface area contributed by atoms with E-state index >= 15 is 0 Å². The van der Waals surface area contributed by atoms with Gasteiger partial charge in [-0.05, 0) is 24.6 Å². The number of carbonyl (C=O) groups excluding carboxylic acids is 2. The van der Waals surface area contributed by atoms with Gasteiger partial charge in [0.2, 0.25) is 5.91 Å². The van der Waals surface area contributed by atoms with Crippen molar-refractivity contribution in [2.24, 2.45) is 0 Å². The predicted octanol–water partition coefficient (Wildman–Crippen LogP) is 3.37. The second-order valence-electron chi connectivity index (χ2n) is 5.19. The molecule has 1 saturated heterocycles. The molecule has 126 valence electrons. The van der Waals surface area contributed by atoms with E-state index in [9.17, 15) is 31.5 Å². The van der Waals surface area contributed by atoms with E-state index in [0.717, 1.165) is 0 Å². The third-order valence-electron chi connectivity index (χ3n) is 3.42. The number of imide groups is 1. The molecule has 0 aromatic heterocycles. The number of ether oxygens (including phenoxy) is 1. The Morgan fingerprint density at radius 2 is 1.87 bits per heavy atom. The maximum absolute atomic E-state index is 13.2. The highest BCUT2D eigenvalue weighted by Crippen LogP contribution is 2.38. The van der Waals surface area contributed by atoms with Crippen LogP contribution in [-0.4, -0.2) is 35.7 Å². The molecule has 1 aromatic carbocycles. The SMILES string of the molecule is CC1COC(=O)N1C(=O)C[C@@H](c1cc(F)cc(F)c1)C(F)(F)F. The molecule has 0 aliphatic carbocycles. The third-order valence-corrected chi connectivity index (χ3v) is 3.42. The number of benzene rings is 1. The molecule has 1 aliphatic rings. The highest BCUT2D eigenvalue weighted by Gasteiger charge is 2.45. The molecule has 4 nitrogen and oxygen atoms in total. The van der Waals surface area contributed by atoms with E-state index in [1.807, 2.05) is 0 Å². The molecule has 0 N–H and O–H groups in total. The van der Waals surface area contributed by atoms with Crippen LogP contribution in [0.1, 0.15) is 24.8 Å². The van der Waals surface area contributed by atoms with Crippen LogP contribution in [0.2, 0.25) is 0 Å². The molecule has 0 saturated carbocycles. The largest absolute Gasteiger partial charge is 0.447 e. The lowest BCUT2D eigenvalue weighted by Crippen LogP contribution is -2.39. The lowest BCUT2D eigenvalue weighted by molar-refractivity contribution is -0.160. The Morgan fingerprint density at radius 3 is 2.30 bits per heavy atom. The fraction of sp³-hybridized carbons (Fsp3) is 0.429. The van der Waals surface area contributed by atoms with Crippen molar-refractivity contribution in [1.82, 2.24) is 4.90 Å². The molecular weight excluding hydrogens is 325 g/mol. The van der Waals surface area contributed by atoms with Gasteiger partial charge in [0.05, 0.1) is 12.0 Å². The third kappa shape index (κ3) is 3.77. The van der Waals surface area contributed by atoms with Gasteiger partial charge in [-0.25, -0.2) is 18.5 Å². The van der Waals surface area contributed by atoms with Crippen molar-refractivity contribution in [2.45, 2.75) is 31.5 Å². The summed E-state index contributed by atoms with van der Waals surface area (Å²) < 4.78 is 70.4. The zero-order chi connectivity index (χ0) is 17.4. The number of cyclic esters (lactones) is 1. The molecule has 0 radical (unpaired) electrons. The molecule has 1 unspecified atom stereocenters. The number of carbonyl (C=O) groups is 2. The van der Waals surface area contributed by atoms with Gasteiger partial charge in [-0.3, -0.25) is 4.79 Å². The van der Waals surface area contributed by atoms with Crippen LogP contribution < -0.4 is 0 Å². The first-order chi connectivity index (χ1) is 10.6. The van der Waals surface area contributed by atoms with Gasteiger partial charge in [0.1, 0.15) is 18.2 Å². The van der Waals surface area contributed by atoms with Crippen molar-refractivity contribution in [3.05, 3.63) is 35.4 Å². The molecule has 1 aliphatic heterocycles. The normalized spacial score (nSPS) is 19.7. The van der Waals surface area contributed by atoms with Crippen LogP contribution in [0, 0.1) is 11.6 Å². The number of nitrogens with zero attached hydrogens (tertiary/aromatic N) is 1. The Labute approximate surface area is 127 Å². The van der Waals surface area contributed by atoms with E-state index in [1.54, 1.807) is 0 Å². The van der Waals surface area contributed by atoms with Crippen molar-refractivity contribution in [2.75, 3.05) is 6.61 Å². The van der Waals surface area contributed by atoms with Gasteiger partial charge in [0, 0.05) is 12.5 Å². The lowest BCUT2D eigenvalue weighted by atomic mass is 9.94. The van der Waals surface area contributed by atoms with Crippen molar-refractivity contribution in [1.29, 1.82) is 0 Å². The summed E-state index contributed by atoms with van der Waals surface area (Å²) in [5.41, 5.74) is -0.719. The van der Waals surface area contributed by atoms with Crippen LogP contribution >= 0.6 is 0 Å². The molecule has 1 aromatic rings. The smallest absolute Gasteiger partial charge is 0.416 e. The van der Waals surface area contributed by atoms with Crippen LogP contribution in [0.3, 0.4) is 0 Å². The van der Waals surface area contributed by atoms with E-state index in [4.69, 9.17) is 0 Å². The van der Waals surface area contributed by atoms with Gasteiger partial charge in [-0.1, -0.05) is 0 Å². The standard InChI is InChI=1S/C14H12F5NO3/c1-7-6-23-13(22)20(7)12(21)5-11(14(17,18)19)8-2-9(15)4-10(16)3-8/h2-4,7,11H,5-6H2,1H3/t7?,11-/m0/s1. The van der Waals surface area contributed by atoms with Gasteiger partial charge >= 0.3 is 12.3 Å². The van der Waals surface area contributed by atoms with Gasteiger partial charge in [0.15, 0.2) is 0 Å². The summed E-state index contributed by atoms with van der Waals surface area (Å²) >= 11 is 0. The molecule has 0 bridgehead atoms. The Hall–Kier alpha value is -2.19. The summed E-state index contributed by atoms with van der Waals surface area (Å²) in [7, 11) is 0. The summed E-state index contributed by atoms with van der Waals surface area (Å²) in [5, 5.41) is 0. The zero-order valence-electron chi connectivity index (χ0n) is 11.9. The fourth-order valence-electron chi connectivity index (χ4n) is 2.34. The Morgan fingerprint density at radius 1 is 1.30 bits per heavy atom. The number of amides is 2. The minimum atomic E-state index is -4.91. The quantitative estimate of drug-likeness (QED) is 0.795. The molecule has 2 rings (SSSR count). The number of halogens is 5. The average Bonchev–Trinajstić information content (AvgIpc) is 2.72. The van der Waals surface area contributed by atoms with Crippen molar-refractivity contribution in [3.8, 4) is 0 Å². The first-order valence-corrected chi connectivity index (χ1v) is 6.61. The first-order valence-electron chi connectivity index (χ1n) is 6.61. The zero-order valence-corrected chi connectivity index (χ0v) is 11.9. The number of hydrogen-bond acceptors (Lipinski definition) is 3. The summed E-state index contributed by atoms with van der Waals surface area (Å²) in [6, 6.07) is 0.757. The summed E-state index contributed by atoms with van der Waals surface area (Å²) in [6.07, 6.45) is -7.09. The second kappa shape index (κ2) is 6.13. The number of alkyl halides is 3. The second-order valence-corrected chi connectivity index (χ2v) is 5.19. The molecule has 2 amide bonds. The summed E-state index contributed by atoms with van der Waals surface area (Å²) in [4.78, 5) is 24.0. The fourth-order valence-corrected chi connectivity index (χ4v) is 2.34. The molecule has 1 fully saturated rings. The van der Waals surface area contributed by atoms with Gasteiger partial charge < -0.3 is 4.74 Å². The van der Waals surface area contributed by atoms with Gasteiger partial charge in [-0.2, -0.15) is 13.2 Å². The average molecular weight is 337 g/mol. The van der Waals surface area contributed by atoms with Gasteiger partial charge in [-0.15, -0.1) is 0 Å². The minimum Gasteiger partial charge on any atom is -0.447 e. The molecular formula is C14H12F5NO3. The Balaban J connectivity index is 2.30. The number of rotatable bonds is 3. The van der Waals surface area contributed by atoms with Crippen molar-refractivity contribution >= 4 is 12.0 Å². The van der Waals surface area contributed by atoms with E-state index in [0.29, 0.717) is 23.1 Å². The van der Waals surface area contributed by atoms with Crippen LogP contribution in [0.4, 0.5) is 26.7 Å². The van der Waals surface area contributed by atoms with Crippen LogP contribution in [0.25, 0.3) is 0 Å². The lowest BCUT2D eigenvalue weighted by Gasteiger charge is -2.23. The minimum absolute atomic E-state index is 0.115.